The molecule has 4 nitrogen and oxygen atoms in total. The van der Waals surface area contributed by atoms with Gasteiger partial charge in [-0.25, -0.2) is 0 Å². The van der Waals surface area contributed by atoms with Gasteiger partial charge in [-0.3, -0.25) is 4.79 Å². The van der Waals surface area contributed by atoms with Gasteiger partial charge in [-0.15, -0.1) is 0 Å². The van der Waals surface area contributed by atoms with Gasteiger partial charge in [-0.05, 0) is 39.0 Å². The van der Waals surface area contributed by atoms with Gasteiger partial charge in [0.2, 0.25) is 0 Å². The molecule has 0 aliphatic carbocycles. The Morgan fingerprint density at radius 1 is 1.47 bits per heavy atom. The van der Waals surface area contributed by atoms with Gasteiger partial charge in [-0.2, -0.15) is 11.8 Å². The normalized spacial score (nSPS) is 14.4. The molecule has 0 rings (SSSR count). The number of aliphatic hydroxyl groups excluding tert-OH is 1. The number of ether oxygens (including phenoxy) is 1. The summed E-state index contributed by atoms with van der Waals surface area (Å²) in [6, 6.07) is 0. The first-order chi connectivity index (χ1) is 8.10. The molecule has 5 heteroatoms. The maximum absolute atomic E-state index is 11.9. The Balaban J connectivity index is 4.22. The molecule has 0 spiro atoms. The van der Waals surface area contributed by atoms with Gasteiger partial charge in [0, 0.05) is 12.4 Å². The van der Waals surface area contributed by atoms with Gasteiger partial charge in [-0.1, -0.05) is 6.92 Å². The average molecular weight is 263 g/mol. The van der Waals surface area contributed by atoms with Crippen molar-refractivity contribution in [2.45, 2.75) is 39.2 Å². The van der Waals surface area contributed by atoms with E-state index in [2.05, 4.69) is 12.2 Å². The Labute approximate surface area is 108 Å². The summed E-state index contributed by atoms with van der Waals surface area (Å²) in [5.41, 5.74) is -0.619. The van der Waals surface area contributed by atoms with E-state index in [1.165, 1.54) is 0 Å². The van der Waals surface area contributed by atoms with E-state index in [4.69, 9.17) is 9.84 Å². The molecule has 0 saturated carbocycles. The van der Waals surface area contributed by atoms with E-state index >= 15 is 0 Å². The van der Waals surface area contributed by atoms with Crippen molar-refractivity contribution >= 4 is 17.7 Å². The van der Waals surface area contributed by atoms with Crippen LogP contribution in [0.2, 0.25) is 0 Å². The Hall–Kier alpha value is -0.260. The molecule has 0 fully saturated rings. The van der Waals surface area contributed by atoms with Gasteiger partial charge < -0.3 is 15.2 Å². The summed E-state index contributed by atoms with van der Waals surface area (Å²) < 4.78 is 5.10. The molecule has 0 bridgehead atoms. The maximum atomic E-state index is 11.9. The molecule has 1 atom stereocenters. The van der Waals surface area contributed by atoms with Crippen molar-refractivity contribution in [3.8, 4) is 0 Å². The lowest BCUT2D eigenvalue weighted by molar-refractivity contribution is -0.149. The summed E-state index contributed by atoms with van der Waals surface area (Å²) in [4.78, 5) is 11.9. The van der Waals surface area contributed by atoms with Crippen LogP contribution in [0.15, 0.2) is 0 Å². The lowest BCUT2D eigenvalue weighted by atomic mass is 10.1. The van der Waals surface area contributed by atoms with Crippen LogP contribution in [-0.4, -0.2) is 47.9 Å². The molecule has 0 aliphatic rings. The van der Waals surface area contributed by atoms with Crippen LogP contribution in [0.25, 0.3) is 0 Å². The second-order valence-electron chi connectivity index (χ2n) is 4.11. The summed E-state index contributed by atoms with van der Waals surface area (Å²) in [5, 5.41) is 12.0. The molecule has 0 aromatic carbocycles. The summed E-state index contributed by atoms with van der Waals surface area (Å²) in [7, 11) is 0. The standard InChI is InChI=1S/C12H25NO3S/c1-4-7-13-12(3,11(15)16-5-2)10-17-9-6-8-14/h13-14H,4-10H2,1-3H3. The van der Waals surface area contributed by atoms with E-state index in [-0.39, 0.29) is 12.6 Å². The van der Waals surface area contributed by atoms with Crippen LogP contribution < -0.4 is 5.32 Å². The summed E-state index contributed by atoms with van der Waals surface area (Å²) in [6.45, 7) is 7.17. The highest BCUT2D eigenvalue weighted by Crippen LogP contribution is 2.16. The number of carbonyl (C=O) groups is 1. The molecule has 2 N–H and O–H groups in total. The van der Waals surface area contributed by atoms with E-state index in [0.29, 0.717) is 12.4 Å². The SMILES string of the molecule is CCCNC(C)(CSCCCO)C(=O)OCC. The molecule has 0 aliphatic heterocycles. The lowest BCUT2D eigenvalue weighted by Crippen LogP contribution is -2.53. The highest BCUT2D eigenvalue weighted by molar-refractivity contribution is 7.99. The van der Waals surface area contributed by atoms with Crippen molar-refractivity contribution in [1.29, 1.82) is 0 Å². The van der Waals surface area contributed by atoms with Crippen molar-refractivity contribution in [2.75, 3.05) is 31.3 Å². The third-order valence-electron chi connectivity index (χ3n) is 2.33. The third-order valence-corrected chi connectivity index (χ3v) is 3.69. The molecule has 0 amide bonds. The predicted octanol–water partition coefficient (Wildman–Crippen LogP) is 1.42. The smallest absolute Gasteiger partial charge is 0.326 e. The molecule has 102 valence electrons. The summed E-state index contributed by atoms with van der Waals surface area (Å²) in [5.74, 6) is 1.34. The Kier molecular flexibility index (Phi) is 9.59. The first kappa shape index (κ1) is 16.7. The number of hydrogen-bond donors (Lipinski definition) is 2. The van der Waals surface area contributed by atoms with E-state index in [9.17, 15) is 4.79 Å². The second kappa shape index (κ2) is 9.74. The zero-order valence-corrected chi connectivity index (χ0v) is 11.9. The molecule has 0 radical (unpaired) electrons. The van der Waals surface area contributed by atoms with Crippen molar-refractivity contribution in [1.82, 2.24) is 5.32 Å². The number of thioether (sulfide) groups is 1. The van der Waals surface area contributed by atoms with Crippen molar-refractivity contribution in [2.24, 2.45) is 0 Å². The molecule has 0 saturated heterocycles. The fourth-order valence-electron chi connectivity index (χ4n) is 1.32. The minimum Gasteiger partial charge on any atom is -0.465 e. The molecule has 0 heterocycles. The molecule has 1 unspecified atom stereocenters. The van der Waals surface area contributed by atoms with Gasteiger partial charge >= 0.3 is 5.97 Å². The quantitative estimate of drug-likeness (QED) is 0.461. The minimum atomic E-state index is -0.619. The lowest BCUT2D eigenvalue weighted by Gasteiger charge is -2.28. The average Bonchev–Trinajstić information content (AvgIpc) is 2.32. The third kappa shape index (κ3) is 6.91. The molecule has 0 aromatic heterocycles. The molecular formula is C12H25NO3S. The maximum Gasteiger partial charge on any atom is 0.326 e. The van der Waals surface area contributed by atoms with Crippen LogP contribution in [-0.2, 0) is 9.53 Å². The zero-order valence-electron chi connectivity index (χ0n) is 11.1. The van der Waals surface area contributed by atoms with Crippen LogP contribution in [0, 0.1) is 0 Å². The first-order valence-electron chi connectivity index (χ1n) is 6.21. The highest BCUT2D eigenvalue weighted by Gasteiger charge is 2.33. The number of esters is 1. The van der Waals surface area contributed by atoms with E-state index in [1.807, 2.05) is 13.8 Å². The van der Waals surface area contributed by atoms with Gasteiger partial charge in [0.05, 0.1) is 6.61 Å². The topological polar surface area (TPSA) is 58.6 Å². The van der Waals surface area contributed by atoms with Crippen LogP contribution in [0.5, 0.6) is 0 Å². The number of aliphatic hydroxyl groups is 1. The van der Waals surface area contributed by atoms with E-state index in [1.54, 1.807) is 11.8 Å². The van der Waals surface area contributed by atoms with Crippen molar-refractivity contribution in [3.05, 3.63) is 0 Å². The zero-order chi connectivity index (χ0) is 13.1. The number of rotatable bonds is 10. The van der Waals surface area contributed by atoms with Gasteiger partial charge in [0.1, 0.15) is 5.54 Å². The monoisotopic (exact) mass is 263 g/mol. The number of hydrogen-bond acceptors (Lipinski definition) is 5. The second-order valence-corrected chi connectivity index (χ2v) is 5.21. The first-order valence-corrected chi connectivity index (χ1v) is 7.37. The fraction of sp³-hybridized carbons (Fsp3) is 0.917. The van der Waals surface area contributed by atoms with E-state index in [0.717, 1.165) is 25.1 Å². The largest absolute Gasteiger partial charge is 0.465 e. The van der Waals surface area contributed by atoms with Crippen LogP contribution in [0.4, 0.5) is 0 Å². The Bertz CT molecular complexity index is 214. The van der Waals surface area contributed by atoms with Crippen LogP contribution >= 0.6 is 11.8 Å². The number of nitrogens with one attached hydrogen (secondary N) is 1. The minimum absolute atomic E-state index is 0.190. The summed E-state index contributed by atoms with van der Waals surface area (Å²) in [6.07, 6.45) is 1.74. The van der Waals surface area contributed by atoms with Crippen molar-refractivity contribution < 1.29 is 14.6 Å². The van der Waals surface area contributed by atoms with Gasteiger partial charge in [0.25, 0.3) is 0 Å². The van der Waals surface area contributed by atoms with Crippen molar-refractivity contribution in [3.63, 3.8) is 0 Å². The predicted molar refractivity (Wildman–Crippen MR) is 72.4 cm³/mol. The molecular weight excluding hydrogens is 238 g/mol. The Morgan fingerprint density at radius 2 is 2.18 bits per heavy atom. The molecule has 17 heavy (non-hydrogen) atoms. The van der Waals surface area contributed by atoms with Gasteiger partial charge in [0.15, 0.2) is 0 Å². The van der Waals surface area contributed by atoms with Crippen LogP contribution in [0.1, 0.15) is 33.6 Å². The van der Waals surface area contributed by atoms with Crippen LogP contribution in [0.3, 0.4) is 0 Å². The Morgan fingerprint density at radius 3 is 2.71 bits per heavy atom. The summed E-state index contributed by atoms with van der Waals surface area (Å²) >= 11 is 1.67. The number of carbonyl (C=O) groups excluding carboxylic acids is 1. The molecule has 0 aromatic rings. The highest BCUT2D eigenvalue weighted by atomic mass is 32.2. The fourth-order valence-corrected chi connectivity index (χ4v) is 2.42. The van der Waals surface area contributed by atoms with E-state index < -0.39 is 5.54 Å².